The van der Waals surface area contributed by atoms with Crippen LogP contribution in [-0.2, 0) is 4.74 Å². The maximum absolute atomic E-state index is 9.10. The summed E-state index contributed by atoms with van der Waals surface area (Å²) in [7, 11) is 0. The Kier molecular flexibility index (Phi) is 2.80. The monoisotopic (exact) mass is 164 g/mol. The molecule has 0 aromatic rings. The molecule has 11 heavy (non-hydrogen) atoms. The average Bonchev–Trinajstić information content (AvgIpc) is 2.28. The summed E-state index contributed by atoms with van der Waals surface area (Å²) in [6, 6.07) is 0. The van der Waals surface area contributed by atoms with Crippen molar-refractivity contribution >= 4 is 0 Å². The maximum Gasteiger partial charge on any atom is 0.157 e. The van der Waals surface area contributed by atoms with Crippen molar-refractivity contribution in [3.05, 3.63) is 0 Å². The topological polar surface area (TPSA) is 90.2 Å². The fourth-order valence-corrected chi connectivity index (χ4v) is 1.12. The van der Waals surface area contributed by atoms with E-state index in [2.05, 4.69) is 0 Å². The number of aliphatic hydroxyl groups is 4. The van der Waals surface area contributed by atoms with Gasteiger partial charge in [0.25, 0.3) is 0 Å². The van der Waals surface area contributed by atoms with E-state index in [1.807, 2.05) is 0 Å². The second-order valence-electron chi connectivity index (χ2n) is 2.61. The predicted octanol–water partition coefficient (Wildman–Crippen LogP) is -2.19. The van der Waals surface area contributed by atoms with Crippen molar-refractivity contribution in [3.63, 3.8) is 0 Å². The third-order valence-corrected chi connectivity index (χ3v) is 1.70. The molecule has 4 atom stereocenters. The Hall–Kier alpha value is -0.200. The maximum atomic E-state index is 9.10. The molecule has 4 N–H and O–H groups in total. The van der Waals surface area contributed by atoms with Crippen LogP contribution in [0.5, 0.6) is 0 Å². The van der Waals surface area contributed by atoms with Crippen LogP contribution in [0.4, 0.5) is 0 Å². The fraction of sp³-hybridized carbons (Fsp3) is 1.00. The highest BCUT2D eigenvalue weighted by atomic mass is 16.6. The highest BCUT2D eigenvalue weighted by molar-refractivity contribution is 4.82. The summed E-state index contributed by atoms with van der Waals surface area (Å²) in [4.78, 5) is 0. The number of hydrogen-bond donors (Lipinski definition) is 4. The second-order valence-corrected chi connectivity index (χ2v) is 2.61. The van der Waals surface area contributed by atoms with Crippen LogP contribution in [0.15, 0.2) is 0 Å². The molecule has 0 amide bonds. The van der Waals surface area contributed by atoms with E-state index in [1.54, 1.807) is 0 Å². The minimum absolute atomic E-state index is 0.0850. The summed E-state index contributed by atoms with van der Waals surface area (Å²) in [6.45, 7) is -0.478. The van der Waals surface area contributed by atoms with Gasteiger partial charge in [-0.05, 0) is 0 Å². The first-order chi connectivity index (χ1) is 5.15. The van der Waals surface area contributed by atoms with Crippen LogP contribution in [0.2, 0.25) is 0 Å². The highest BCUT2D eigenvalue weighted by Crippen LogP contribution is 2.20. The molecule has 0 aliphatic carbocycles. The zero-order chi connectivity index (χ0) is 8.43. The summed E-state index contributed by atoms with van der Waals surface area (Å²) in [6.07, 6.45) is -3.83. The Morgan fingerprint density at radius 3 is 2.45 bits per heavy atom. The molecule has 3 unspecified atom stereocenters. The predicted molar refractivity (Wildman–Crippen MR) is 34.6 cm³/mol. The van der Waals surface area contributed by atoms with Crippen molar-refractivity contribution in [2.45, 2.75) is 31.0 Å². The molecule has 1 aliphatic rings. The van der Waals surface area contributed by atoms with Gasteiger partial charge in [0.2, 0.25) is 0 Å². The lowest BCUT2D eigenvalue weighted by atomic mass is 10.1. The van der Waals surface area contributed by atoms with Gasteiger partial charge >= 0.3 is 0 Å². The lowest BCUT2D eigenvalue weighted by Crippen LogP contribution is -2.36. The van der Waals surface area contributed by atoms with Crippen molar-refractivity contribution in [2.75, 3.05) is 6.61 Å². The first kappa shape index (κ1) is 8.89. The standard InChI is InChI=1S/C6H12O5/c7-2-4(9)6-3(8)1-5(10)11-6/h3-10H,1-2H2/t3?,4?,5?,6-/m1/s1. The van der Waals surface area contributed by atoms with Gasteiger partial charge in [-0.25, -0.2) is 0 Å². The molecule has 1 fully saturated rings. The Morgan fingerprint density at radius 2 is 2.09 bits per heavy atom. The number of ether oxygens (including phenoxy) is 1. The van der Waals surface area contributed by atoms with Gasteiger partial charge < -0.3 is 25.2 Å². The van der Waals surface area contributed by atoms with Gasteiger partial charge in [0.05, 0.1) is 12.7 Å². The third-order valence-electron chi connectivity index (χ3n) is 1.70. The average molecular weight is 164 g/mol. The zero-order valence-electron chi connectivity index (χ0n) is 5.92. The van der Waals surface area contributed by atoms with Gasteiger partial charge in [-0.3, -0.25) is 0 Å². The largest absolute Gasteiger partial charge is 0.394 e. The van der Waals surface area contributed by atoms with E-state index in [1.165, 1.54) is 0 Å². The lowest BCUT2D eigenvalue weighted by Gasteiger charge is -2.17. The number of aliphatic hydroxyl groups excluding tert-OH is 4. The Morgan fingerprint density at radius 1 is 1.45 bits per heavy atom. The van der Waals surface area contributed by atoms with Crippen LogP contribution in [0.1, 0.15) is 6.42 Å². The van der Waals surface area contributed by atoms with Gasteiger partial charge in [0.1, 0.15) is 12.2 Å². The molecule has 1 heterocycles. The summed E-state index contributed by atoms with van der Waals surface area (Å²) in [5, 5.41) is 35.4. The molecule has 0 spiro atoms. The molecule has 1 rings (SSSR count). The molecular formula is C6H12O5. The minimum Gasteiger partial charge on any atom is -0.394 e. The van der Waals surface area contributed by atoms with Crippen LogP contribution < -0.4 is 0 Å². The molecule has 66 valence electrons. The van der Waals surface area contributed by atoms with E-state index in [4.69, 9.17) is 25.2 Å². The summed E-state index contributed by atoms with van der Waals surface area (Å²) in [5.41, 5.74) is 0. The van der Waals surface area contributed by atoms with E-state index < -0.39 is 31.2 Å². The van der Waals surface area contributed by atoms with Crippen molar-refractivity contribution < 1.29 is 25.2 Å². The molecule has 0 radical (unpaired) electrons. The van der Waals surface area contributed by atoms with Crippen LogP contribution in [0.25, 0.3) is 0 Å². The van der Waals surface area contributed by atoms with E-state index in [9.17, 15) is 0 Å². The molecule has 5 nitrogen and oxygen atoms in total. The van der Waals surface area contributed by atoms with E-state index in [0.29, 0.717) is 0 Å². The van der Waals surface area contributed by atoms with Gasteiger partial charge in [-0.1, -0.05) is 0 Å². The molecular weight excluding hydrogens is 152 g/mol. The summed E-state index contributed by atoms with van der Waals surface area (Å²) in [5.74, 6) is 0. The van der Waals surface area contributed by atoms with Gasteiger partial charge in [-0.2, -0.15) is 0 Å². The van der Waals surface area contributed by atoms with Gasteiger partial charge in [0.15, 0.2) is 6.29 Å². The SMILES string of the molecule is OCC(O)[C@@H]1OC(O)CC1O. The van der Waals surface area contributed by atoms with Crippen LogP contribution >= 0.6 is 0 Å². The third kappa shape index (κ3) is 1.88. The van der Waals surface area contributed by atoms with Crippen LogP contribution in [0.3, 0.4) is 0 Å². The van der Waals surface area contributed by atoms with E-state index in [0.717, 1.165) is 0 Å². The number of rotatable bonds is 2. The fourth-order valence-electron chi connectivity index (χ4n) is 1.12. The van der Waals surface area contributed by atoms with Crippen LogP contribution in [-0.4, -0.2) is 51.6 Å². The van der Waals surface area contributed by atoms with Crippen molar-refractivity contribution in [1.82, 2.24) is 0 Å². The first-order valence-corrected chi connectivity index (χ1v) is 3.45. The molecule has 1 saturated heterocycles. The first-order valence-electron chi connectivity index (χ1n) is 3.45. The molecule has 0 aromatic carbocycles. The van der Waals surface area contributed by atoms with Gasteiger partial charge in [0, 0.05) is 6.42 Å². The molecule has 0 aromatic heterocycles. The molecule has 1 aliphatic heterocycles. The highest BCUT2D eigenvalue weighted by Gasteiger charge is 2.37. The van der Waals surface area contributed by atoms with E-state index in [-0.39, 0.29) is 6.42 Å². The zero-order valence-corrected chi connectivity index (χ0v) is 5.92. The van der Waals surface area contributed by atoms with Gasteiger partial charge in [-0.15, -0.1) is 0 Å². The quantitative estimate of drug-likeness (QED) is 0.372. The number of hydrogen-bond acceptors (Lipinski definition) is 5. The molecule has 0 bridgehead atoms. The lowest BCUT2D eigenvalue weighted by molar-refractivity contribution is -0.136. The second kappa shape index (κ2) is 3.46. The van der Waals surface area contributed by atoms with Crippen molar-refractivity contribution in [2.24, 2.45) is 0 Å². The van der Waals surface area contributed by atoms with Crippen molar-refractivity contribution in [3.8, 4) is 0 Å². The summed E-state index contributed by atoms with van der Waals surface area (Å²) >= 11 is 0. The molecule has 0 saturated carbocycles. The molecule has 5 heteroatoms. The summed E-state index contributed by atoms with van der Waals surface area (Å²) < 4.78 is 4.72. The Balaban J connectivity index is 2.45. The van der Waals surface area contributed by atoms with Crippen LogP contribution in [0, 0.1) is 0 Å². The smallest absolute Gasteiger partial charge is 0.157 e. The minimum atomic E-state index is -1.12. The normalized spacial score (nSPS) is 40.9. The Bertz CT molecular complexity index is 124. The van der Waals surface area contributed by atoms with E-state index >= 15 is 0 Å². The Labute approximate surface area is 63.8 Å². The van der Waals surface area contributed by atoms with Crippen molar-refractivity contribution in [1.29, 1.82) is 0 Å².